The quantitative estimate of drug-likeness (QED) is 0.770. The Bertz CT molecular complexity index is 531. The van der Waals surface area contributed by atoms with Gasteiger partial charge < -0.3 is 9.84 Å². The largest absolute Gasteiger partial charge is 0.496 e. The Balaban J connectivity index is 3.71. The first-order valence-electron chi connectivity index (χ1n) is 4.16. The van der Waals surface area contributed by atoms with E-state index in [2.05, 4.69) is 0 Å². The fourth-order valence-electron chi connectivity index (χ4n) is 1.30. The molecule has 0 fully saturated rings. The summed E-state index contributed by atoms with van der Waals surface area (Å²) in [5, 5.41) is 8.88. The van der Waals surface area contributed by atoms with E-state index in [1.807, 2.05) is 0 Å². The van der Waals surface area contributed by atoms with Gasteiger partial charge in [0.15, 0.2) is 0 Å². The zero-order valence-electron chi connectivity index (χ0n) is 8.59. The summed E-state index contributed by atoms with van der Waals surface area (Å²) in [7, 11) is -3.38. The fraction of sp³-hybridized carbons (Fsp3) is 0.222. The van der Waals surface area contributed by atoms with E-state index in [0.717, 1.165) is 6.07 Å². The van der Waals surface area contributed by atoms with Gasteiger partial charge in [0, 0.05) is 0 Å². The van der Waals surface area contributed by atoms with Gasteiger partial charge in [-0.2, -0.15) is 8.42 Å². The van der Waals surface area contributed by atoms with Gasteiger partial charge in [-0.15, -0.1) is 0 Å². The predicted octanol–water partition coefficient (Wildman–Crippen LogP) is 0.949. The summed E-state index contributed by atoms with van der Waals surface area (Å²) in [6.07, 6.45) is 0. The molecule has 6 nitrogen and oxygen atoms in total. The molecule has 0 radical (unpaired) electrons. The molecule has 16 heavy (non-hydrogen) atoms. The van der Waals surface area contributed by atoms with E-state index in [4.69, 9.17) is 14.4 Å². The van der Waals surface area contributed by atoms with Crippen LogP contribution < -0.4 is 4.74 Å². The molecule has 0 saturated heterocycles. The lowest BCUT2D eigenvalue weighted by molar-refractivity contribution is 0.0688. The highest BCUT2D eigenvalue weighted by molar-refractivity contribution is 7.86. The first kappa shape index (κ1) is 12.5. The average molecular weight is 246 g/mol. The predicted molar refractivity (Wildman–Crippen MR) is 54.5 cm³/mol. The Kier molecular flexibility index (Phi) is 3.20. The Labute approximate surface area is 92.2 Å². The maximum Gasteiger partial charge on any atom is 0.340 e. The molecule has 1 rings (SSSR count). The van der Waals surface area contributed by atoms with E-state index >= 15 is 0 Å². The molecule has 1 aromatic rings. The van der Waals surface area contributed by atoms with Crippen LogP contribution in [0.5, 0.6) is 5.75 Å². The van der Waals surface area contributed by atoms with Gasteiger partial charge in [-0.1, -0.05) is 0 Å². The molecule has 0 amide bonds. The van der Waals surface area contributed by atoms with Crippen molar-refractivity contribution in [2.24, 2.45) is 0 Å². The monoisotopic (exact) mass is 246 g/mol. The molecule has 0 spiro atoms. The van der Waals surface area contributed by atoms with Crippen molar-refractivity contribution in [3.8, 4) is 5.75 Å². The summed E-state index contributed by atoms with van der Waals surface area (Å²) in [5.41, 5.74) is -0.106. The standard InChI is InChI=1S/C9H10O6S/c1-5-3-6(15-2)8(9(10)11)7(4-5)16(12,13)14/h3-4H,1-2H3,(H,10,11)(H,12,13,14). The van der Waals surface area contributed by atoms with Crippen LogP contribution in [0.3, 0.4) is 0 Å². The van der Waals surface area contributed by atoms with Crippen molar-refractivity contribution in [1.82, 2.24) is 0 Å². The van der Waals surface area contributed by atoms with Gasteiger partial charge in [-0.05, 0) is 24.6 Å². The van der Waals surface area contributed by atoms with Crippen LogP contribution >= 0.6 is 0 Å². The minimum Gasteiger partial charge on any atom is -0.496 e. The number of benzene rings is 1. The lowest BCUT2D eigenvalue weighted by Crippen LogP contribution is -2.10. The van der Waals surface area contributed by atoms with Crippen LogP contribution in [-0.4, -0.2) is 31.2 Å². The van der Waals surface area contributed by atoms with Crippen molar-refractivity contribution in [3.05, 3.63) is 23.3 Å². The smallest absolute Gasteiger partial charge is 0.340 e. The summed E-state index contributed by atoms with van der Waals surface area (Å²) < 4.78 is 35.7. The van der Waals surface area contributed by atoms with Crippen LogP contribution in [0.25, 0.3) is 0 Å². The number of methoxy groups -OCH3 is 1. The molecule has 0 unspecified atom stereocenters. The lowest BCUT2D eigenvalue weighted by Gasteiger charge is -2.09. The van der Waals surface area contributed by atoms with E-state index < -0.39 is 26.5 Å². The molecule has 0 bridgehead atoms. The van der Waals surface area contributed by atoms with Crippen molar-refractivity contribution < 1.29 is 27.6 Å². The summed E-state index contributed by atoms with van der Waals surface area (Å²) in [5.74, 6) is -1.59. The van der Waals surface area contributed by atoms with E-state index in [9.17, 15) is 13.2 Å². The average Bonchev–Trinajstić information content (AvgIpc) is 2.14. The molecule has 0 heterocycles. The molecule has 0 aliphatic heterocycles. The molecule has 0 aliphatic rings. The van der Waals surface area contributed by atoms with Crippen molar-refractivity contribution in [3.63, 3.8) is 0 Å². The molecule has 0 aliphatic carbocycles. The number of hydrogen-bond donors (Lipinski definition) is 2. The minimum absolute atomic E-state index is 0.111. The number of hydrogen-bond acceptors (Lipinski definition) is 4. The molecular formula is C9H10O6S. The number of carboxylic acids is 1. The van der Waals surface area contributed by atoms with Gasteiger partial charge in [-0.25, -0.2) is 4.79 Å². The highest BCUT2D eigenvalue weighted by Crippen LogP contribution is 2.27. The number of carboxylic acid groups (broad SMARTS) is 1. The van der Waals surface area contributed by atoms with Gasteiger partial charge in [0.25, 0.3) is 10.1 Å². The molecule has 88 valence electrons. The minimum atomic E-state index is -4.59. The Morgan fingerprint density at radius 3 is 2.31 bits per heavy atom. The number of carbonyl (C=O) groups is 1. The molecule has 1 aromatic carbocycles. The van der Waals surface area contributed by atoms with Crippen LogP contribution in [0.1, 0.15) is 15.9 Å². The maximum absolute atomic E-state index is 11.0. The second-order valence-electron chi connectivity index (χ2n) is 3.12. The van der Waals surface area contributed by atoms with E-state index in [-0.39, 0.29) is 5.75 Å². The third kappa shape index (κ3) is 2.31. The molecule has 7 heteroatoms. The van der Waals surface area contributed by atoms with Gasteiger partial charge in [0.1, 0.15) is 16.2 Å². The number of aromatic carboxylic acids is 1. The number of rotatable bonds is 3. The van der Waals surface area contributed by atoms with Gasteiger partial charge in [-0.3, -0.25) is 4.55 Å². The van der Waals surface area contributed by atoms with Crippen molar-refractivity contribution in [2.75, 3.05) is 7.11 Å². The summed E-state index contributed by atoms with van der Waals surface area (Å²) in [4.78, 5) is 10.2. The van der Waals surface area contributed by atoms with Crippen LogP contribution in [0.4, 0.5) is 0 Å². The molecule has 0 saturated carbocycles. The normalized spacial score (nSPS) is 11.2. The van der Waals surface area contributed by atoms with Crippen LogP contribution in [-0.2, 0) is 10.1 Å². The van der Waals surface area contributed by atoms with E-state index in [1.165, 1.54) is 13.2 Å². The Morgan fingerprint density at radius 2 is 1.94 bits per heavy atom. The Hall–Kier alpha value is -1.60. The van der Waals surface area contributed by atoms with Crippen LogP contribution in [0.2, 0.25) is 0 Å². The SMILES string of the molecule is COc1cc(C)cc(S(=O)(=O)O)c1C(=O)O. The summed E-state index contributed by atoms with van der Waals surface area (Å²) in [6, 6.07) is 2.44. The van der Waals surface area contributed by atoms with Crippen LogP contribution in [0.15, 0.2) is 17.0 Å². The fourth-order valence-corrected chi connectivity index (χ4v) is 2.08. The zero-order valence-corrected chi connectivity index (χ0v) is 9.41. The third-order valence-electron chi connectivity index (χ3n) is 1.92. The van der Waals surface area contributed by atoms with Crippen molar-refractivity contribution in [2.45, 2.75) is 11.8 Å². The molecular weight excluding hydrogens is 236 g/mol. The molecule has 0 atom stereocenters. The highest BCUT2D eigenvalue weighted by Gasteiger charge is 2.24. The first-order valence-corrected chi connectivity index (χ1v) is 5.60. The lowest BCUT2D eigenvalue weighted by atomic mass is 10.1. The topological polar surface area (TPSA) is 101 Å². The Morgan fingerprint density at radius 1 is 1.38 bits per heavy atom. The maximum atomic E-state index is 11.0. The first-order chi connectivity index (χ1) is 7.27. The van der Waals surface area contributed by atoms with Gasteiger partial charge >= 0.3 is 5.97 Å². The van der Waals surface area contributed by atoms with Crippen molar-refractivity contribution in [1.29, 1.82) is 0 Å². The number of aryl methyl sites for hydroxylation is 1. The zero-order chi connectivity index (χ0) is 12.5. The van der Waals surface area contributed by atoms with Crippen LogP contribution in [0, 0.1) is 6.92 Å². The molecule has 2 N–H and O–H groups in total. The van der Waals surface area contributed by atoms with Gasteiger partial charge in [0.2, 0.25) is 0 Å². The van der Waals surface area contributed by atoms with Crippen molar-refractivity contribution >= 4 is 16.1 Å². The highest BCUT2D eigenvalue weighted by atomic mass is 32.2. The van der Waals surface area contributed by atoms with E-state index in [0.29, 0.717) is 5.56 Å². The van der Waals surface area contributed by atoms with E-state index in [1.54, 1.807) is 6.92 Å². The number of ether oxygens (including phenoxy) is 1. The third-order valence-corrected chi connectivity index (χ3v) is 2.80. The second kappa shape index (κ2) is 4.11. The summed E-state index contributed by atoms with van der Waals surface area (Å²) in [6.45, 7) is 1.56. The second-order valence-corrected chi connectivity index (χ2v) is 4.51. The van der Waals surface area contributed by atoms with Gasteiger partial charge in [0.05, 0.1) is 7.11 Å². The molecule has 0 aromatic heterocycles. The summed E-state index contributed by atoms with van der Waals surface area (Å²) >= 11 is 0.